The Morgan fingerprint density at radius 3 is 0.837 bits per heavy atom. The molecule has 0 aromatic heterocycles. The SMILES string of the molecule is CC(C)=CCCC(C)C1CCC2C3CC(OC(=O)c4ccc(N)cc4)C4CC(OC(=O)c5ccc(N)cc5)CCC4(C)C3CCC12C.CC(C)CCCC(C)C1CCC2C3CC(OC(=O)c4ccc(N)cc4)C4CC(OC(=O)c5ccc(N)cc5)CCC4(C)C3CCC12C.CC(C)CCCC(C)C1CCC2C3CC(OC(=O)c4cccc(N)c4)C4CC(OC(=O)c5cccc(N)c5)CCC4(C)C3CCC12C. The van der Waals surface area contributed by atoms with Crippen molar-refractivity contribution in [3.8, 4) is 0 Å². The molecule has 6 aromatic rings. The van der Waals surface area contributed by atoms with Gasteiger partial charge in [0.1, 0.15) is 36.6 Å². The molecule has 18 heteroatoms. The normalized spacial score (nSPS) is 35.2. The van der Waals surface area contributed by atoms with Crippen molar-refractivity contribution in [3.05, 3.63) is 191 Å². The van der Waals surface area contributed by atoms with Gasteiger partial charge in [-0.3, -0.25) is 0 Å². The summed E-state index contributed by atoms with van der Waals surface area (Å²) in [6.45, 7) is 36.5. The number of fused-ring (bicyclic) bond motifs is 15. The summed E-state index contributed by atoms with van der Waals surface area (Å²) in [7, 11) is 0. The molecule has 12 aliphatic carbocycles. The molecule has 0 spiro atoms. The summed E-state index contributed by atoms with van der Waals surface area (Å²) >= 11 is 0. The van der Waals surface area contributed by atoms with E-state index in [2.05, 4.69) is 110 Å². The number of benzene rings is 6. The van der Waals surface area contributed by atoms with Crippen molar-refractivity contribution in [1.29, 1.82) is 0 Å². The Hall–Kier alpha value is -9.32. The molecule has 12 saturated carbocycles. The second kappa shape index (κ2) is 43.5. The van der Waals surface area contributed by atoms with Crippen LogP contribution in [0.4, 0.5) is 34.1 Å². The third kappa shape index (κ3) is 22.3. The first-order chi connectivity index (χ1) is 67.2. The standard InChI is InChI=1S/2C41H58N2O4.C41H56N2O4/c1-25(2)9-6-10-26(3)33-15-16-34-32-24-37(47-39(45)28-12-8-14-30(43)22-28)36-23-31(46-38(44)27-11-7-13-29(42)21-27)17-19-41(36,5)35(32)18-20-40(33,34)4;2*1-25(2)7-6-8-26(3)33-17-18-34-32-24-37(47-39(45)28-11-15-30(43)16-12-28)36-23-31(46-38(44)27-9-13-29(42)14-10-27)19-21-41(36,5)35(32)20-22-40(33,34)4/h7-8,11-14,21-22,25-26,31-37H,6,9-10,15-20,23-24,42-43H2,1-5H3;9-16,25-26,31-37H,6-8,17-24,42-43H2,1-5H3;7,9-16,26,31-37H,6,8,17-24,42-43H2,1-5H3. The highest BCUT2D eigenvalue weighted by molar-refractivity contribution is 5.93. The van der Waals surface area contributed by atoms with Gasteiger partial charge in [0, 0.05) is 51.9 Å². The van der Waals surface area contributed by atoms with E-state index in [-0.39, 0.29) is 106 Å². The van der Waals surface area contributed by atoms with Crippen molar-refractivity contribution in [2.75, 3.05) is 34.4 Å². The number of rotatable bonds is 26. The minimum absolute atomic E-state index is 0.0198. The summed E-state index contributed by atoms with van der Waals surface area (Å²) in [4.78, 5) is 80.5. The number of ether oxygens (including phenoxy) is 6. The zero-order chi connectivity index (χ0) is 101. The fourth-order valence-corrected chi connectivity index (χ4v) is 33.4. The van der Waals surface area contributed by atoms with Crippen LogP contribution in [0.15, 0.2) is 157 Å². The molecule has 0 bridgehead atoms. The highest BCUT2D eigenvalue weighted by atomic mass is 16.6. The van der Waals surface area contributed by atoms with Gasteiger partial charge in [-0.1, -0.05) is 152 Å². The van der Waals surface area contributed by atoms with E-state index >= 15 is 0 Å². The molecule has 0 amide bonds. The monoisotopic (exact) mass is 1930 g/mol. The first-order valence-electron chi connectivity index (χ1n) is 55.2. The molecule has 30 unspecified atom stereocenters. The minimum atomic E-state index is -0.333. The molecule has 0 saturated heterocycles. The maximum atomic E-state index is 13.7. The Morgan fingerprint density at radius 2 is 0.553 bits per heavy atom. The maximum Gasteiger partial charge on any atom is 0.338 e. The van der Waals surface area contributed by atoms with Crippen LogP contribution >= 0.6 is 0 Å². The van der Waals surface area contributed by atoms with Gasteiger partial charge in [-0.2, -0.15) is 0 Å². The number of hydrogen-bond acceptors (Lipinski definition) is 18. The van der Waals surface area contributed by atoms with E-state index in [4.69, 9.17) is 62.8 Å². The Labute approximate surface area is 843 Å². The predicted octanol–water partition coefficient (Wildman–Crippen LogP) is 27.9. The molecular weight excluding hydrogens is 1750 g/mol. The smallest absolute Gasteiger partial charge is 0.338 e. The zero-order valence-electron chi connectivity index (χ0n) is 87.9. The maximum absolute atomic E-state index is 13.7. The van der Waals surface area contributed by atoms with E-state index < -0.39 is 0 Å². The number of allylic oxidation sites excluding steroid dienone is 2. The van der Waals surface area contributed by atoms with E-state index in [1.165, 1.54) is 134 Å². The Kier molecular flexibility index (Phi) is 32.3. The highest BCUT2D eigenvalue weighted by Crippen LogP contribution is 2.73. The van der Waals surface area contributed by atoms with Crippen LogP contribution in [0, 0.1) is 151 Å². The van der Waals surface area contributed by atoms with Crippen LogP contribution in [0.2, 0.25) is 0 Å². The number of anilines is 6. The lowest BCUT2D eigenvalue weighted by Crippen LogP contribution is -2.59. The number of carbonyl (C=O) groups is 6. The van der Waals surface area contributed by atoms with Crippen molar-refractivity contribution in [3.63, 3.8) is 0 Å². The van der Waals surface area contributed by atoms with Crippen LogP contribution in [0.3, 0.4) is 0 Å². The lowest BCUT2D eigenvalue weighted by molar-refractivity contribution is -0.174. The largest absolute Gasteiger partial charge is 0.459 e. The van der Waals surface area contributed by atoms with Gasteiger partial charge in [-0.25, -0.2) is 28.8 Å². The van der Waals surface area contributed by atoms with Gasteiger partial charge in [0.2, 0.25) is 0 Å². The first kappa shape index (κ1) is 105. The van der Waals surface area contributed by atoms with Gasteiger partial charge >= 0.3 is 35.8 Å². The molecule has 18 rings (SSSR count). The fourth-order valence-electron chi connectivity index (χ4n) is 33.4. The molecule has 0 radical (unpaired) electrons. The Morgan fingerprint density at radius 1 is 0.291 bits per heavy atom. The number of carbonyl (C=O) groups excluding carboxylic acids is 6. The van der Waals surface area contributed by atoms with Crippen molar-refractivity contribution in [2.45, 2.75) is 346 Å². The summed E-state index contributed by atoms with van der Waals surface area (Å²) in [5.74, 6) is 9.92. The number of esters is 6. The van der Waals surface area contributed by atoms with E-state index in [0.717, 1.165) is 106 Å². The molecule has 6 aromatic carbocycles. The van der Waals surface area contributed by atoms with E-state index in [0.29, 0.717) is 156 Å². The average molecular weight is 1930 g/mol. The molecule has 12 N–H and O–H groups in total. The van der Waals surface area contributed by atoms with Crippen molar-refractivity contribution in [1.82, 2.24) is 0 Å². The molecular formula is C123H172N6O12. The predicted molar refractivity (Wildman–Crippen MR) is 566 cm³/mol. The number of nitrogen functional groups attached to an aromatic ring is 6. The van der Waals surface area contributed by atoms with Gasteiger partial charge in [0.15, 0.2) is 0 Å². The number of nitrogens with two attached hydrogens (primary N) is 6. The first-order valence-corrected chi connectivity index (χ1v) is 55.2. The van der Waals surface area contributed by atoms with Crippen molar-refractivity contribution in [2.24, 2.45) is 151 Å². The molecule has 0 heterocycles. The van der Waals surface area contributed by atoms with Crippen LogP contribution in [0.25, 0.3) is 0 Å². The molecule has 12 fully saturated rings. The summed E-state index contributed by atoms with van der Waals surface area (Å²) in [5, 5.41) is 0. The zero-order valence-corrected chi connectivity index (χ0v) is 87.9. The molecule has 0 aliphatic heterocycles. The van der Waals surface area contributed by atoms with Crippen LogP contribution in [0.5, 0.6) is 0 Å². The average Bonchev–Trinajstić information content (AvgIpc) is 1.69. The minimum Gasteiger partial charge on any atom is -0.459 e. The van der Waals surface area contributed by atoms with Crippen molar-refractivity contribution < 1.29 is 57.2 Å². The second-order valence-electron chi connectivity index (χ2n) is 49.8. The third-order valence-corrected chi connectivity index (χ3v) is 40.6. The van der Waals surface area contributed by atoms with Gasteiger partial charge in [-0.05, 0) is 447 Å². The molecule has 30 atom stereocenters. The van der Waals surface area contributed by atoms with Crippen molar-refractivity contribution >= 4 is 69.9 Å². The molecule has 12 aliphatic rings. The fraction of sp³-hybridized carbons (Fsp3) is 0.642. The molecule has 766 valence electrons. The third-order valence-electron chi connectivity index (χ3n) is 40.6. The van der Waals surface area contributed by atoms with Crippen LogP contribution in [-0.2, 0) is 28.4 Å². The topological polar surface area (TPSA) is 314 Å². The van der Waals surface area contributed by atoms with E-state index in [1.54, 1.807) is 140 Å². The van der Waals surface area contributed by atoms with Gasteiger partial charge < -0.3 is 62.8 Å². The van der Waals surface area contributed by atoms with E-state index in [9.17, 15) is 28.8 Å². The van der Waals surface area contributed by atoms with Gasteiger partial charge in [0.25, 0.3) is 0 Å². The summed E-state index contributed by atoms with van der Waals surface area (Å²) in [6.07, 6.45) is 37.1. The summed E-state index contributed by atoms with van der Waals surface area (Å²) in [6, 6.07) is 42.0. The lowest BCUT2D eigenvalue weighted by Gasteiger charge is -2.62. The lowest BCUT2D eigenvalue weighted by atomic mass is 9.43. The van der Waals surface area contributed by atoms with Gasteiger partial charge in [-0.15, -0.1) is 0 Å². The molecule has 141 heavy (non-hydrogen) atoms. The van der Waals surface area contributed by atoms with Crippen LogP contribution in [-0.4, -0.2) is 72.4 Å². The van der Waals surface area contributed by atoms with E-state index in [1.807, 2.05) is 6.07 Å². The second-order valence-corrected chi connectivity index (χ2v) is 49.8. The number of hydrogen-bond donors (Lipinski definition) is 6. The molecule has 18 nitrogen and oxygen atoms in total. The Bertz CT molecular complexity index is 5340. The van der Waals surface area contributed by atoms with Crippen LogP contribution < -0.4 is 34.4 Å². The summed E-state index contributed by atoms with van der Waals surface area (Å²) < 4.78 is 38.0. The quantitative estimate of drug-likeness (QED) is 0.0127. The van der Waals surface area contributed by atoms with Crippen LogP contribution in [0.1, 0.15) is 371 Å². The van der Waals surface area contributed by atoms with Gasteiger partial charge in [0.05, 0.1) is 33.4 Å². The Balaban J connectivity index is 0.000000152. The highest BCUT2D eigenvalue weighted by Gasteiger charge is 2.68. The summed E-state index contributed by atoms with van der Waals surface area (Å²) in [5.41, 5.74) is 44.7.